The number of hydrogen-bond acceptors (Lipinski definition) is 5. The lowest BCUT2D eigenvalue weighted by atomic mass is 10.1. The highest BCUT2D eigenvalue weighted by Gasteiger charge is 2.18. The summed E-state index contributed by atoms with van der Waals surface area (Å²) in [5.74, 6) is -0.825. The van der Waals surface area contributed by atoms with Gasteiger partial charge in [0.05, 0.1) is 12.8 Å². The van der Waals surface area contributed by atoms with Gasteiger partial charge in [0.25, 0.3) is 5.91 Å². The van der Waals surface area contributed by atoms with Crippen LogP contribution in [0.4, 0.5) is 11.4 Å². The first kappa shape index (κ1) is 20.6. The van der Waals surface area contributed by atoms with Crippen LogP contribution < -0.4 is 10.2 Å². The lowest BCUT2D eigenvalue weighted by Crippen LogP contribution is -2.30. The van der Waals surface area contributed by atoms with Gasteiger partial charge in [-0.1, -0.05) is 36.4 Å². The third-order valence-electron chi connectivity index (χ3n) is 4.66. The van der Waals surface area contributed by atoms with Crippen molar-refractivity contribution in [2.75, 3.05) is 23.9 Å². The Balaban J connectivity index is 1.83. The molecule has 0 unspecified atom stereocenters. The first-order valence-electron chi connectivity index (χ1n) is 9.43. The number of nitrogens with zero attached hydrogens (tertiary/aromatic N) is 2. The van der Waals surface area contributed by atoms with E-state index in [9.17, 15) is 9.59 Å². The Morgan fingerprint density at radius 3 is 2.43 bits per heavy atom. The fraction of sp³-hybridized carbons (Fsp3) is 0.125. The Bertz CT molecular complexity index is 1140. The molecule has 30 heavy (non-hydrogen) atoms. The molecule has 0 aliphatic carbocycles. The van der Waals surface area contributed by atoms with Crippen LogP contribution in [-0.4, -0.2) is 25.5 Å². The van der Waals surface area contributed by atoms with Crippen LogP contribution in [0, 0.1) is 11.3 Å². The van der Waals surface area contributed by atoms with Crippen molar-refractivity contribution in [1.29, 1.82) is 5.26 Å². The van der Waals surface area contributed by atoms with Crippen LogP contribution in [0.1, 0.15) is 17.3 Å². The summed E-state index contributed by atoms with van der Waals surface area (Å²) >= 11 is 0. The van der Waals surface area contributed by atoms with Crippen molar-refractivity contribution in [1.82, 2.24) is 0 Å². The minimum atomic E-state index is -0.717. The second-order valence-electron chi connectivity index (χ2n) is 6.43. The predicted molar refractivity (Wildman–Crippen MR) is 117 cm³/mol. The number of carbonyl (C=O) groups excluding carboxylic acids is 2. The number of carbonyl (C=O) groups is 2. The van der Waals surface area contributed by atoms with Crippen LogP contribution in [0.15, 0.2) is 78.5 Å². The molecular weight excluding hydrogens is 378 g/mol. The van der Waals surface area contributed by atoms with E-state index in [1.807, 2.05) is 49.4 Å². The van der Waals surface area contributed by atoms with E-state index in [0.29, 0.717) is 17.8 Å². The molecule has 0 aliphatic rings. The van der Waals surface area contributed by atoms with E-state index in [1.165, 1.54) is 13.3 Å². The van der Waals surface area contributed by atoms with Crippen molar-refractivity contribution in [3.05, 3.63) is 84.1 Å². The van der Waals surface area contributed by atoms with Crippen molar-refractivity contribution in [3.8, 4) is 6.07 Å². The van der Waals surface area contributed by atoms with Crippen LogP contribution in [0.2, 0.25) is 0 Å². The summed E-state index contributed by atoms with van der Waals surface area (Å²) in [5.41, 5.74) is 1.89. The van der Waals surface area contributed by atoms with Gasteiger partial charge in [-0.3, -0.25) is 4.79 Å². The van der Waals surface area contributed by atoms with Gasteiger partial charge in [-0.25, -0.2) is 4.79 Å². The molecule has 0 atom stereocenters. The Labute approximate surface area is 175 Å². The Morgan fingerprint density at radius 2 is 1.77 bits per heavy atom. The first-order chi connectivity index (χ1) is 14.6. The van der Waals surface area contributed by atoms with Gasteiger partial charge in [0.2, 0.25) is 0 Å². The molecule has 0 saturated carbocycles. The maximum absolute atomic E-state index is 13.2. The predicted octanol–water partition coefficient (Wildman–Crippen LogP) is 4.50. The largest absolute Gasteiger partial charge is 0.465 e. The van der Waals surface area contributed by atoms with Gasteiger partial charge < -0.3 is 15.0 Å². The molecule has 0 heterocycles. The van der Waals surface area contributed by atoms with E-state index in [4.69, 9.17) is 5.26 Å². The van der Waals surface area contributed by atoms with Gasteiger partial charge in [-0.05, 0) is 42.6 Å². The maximum Gasteiger partial charge on any atom is 0.350 e. The molecule has 0 bridgehead atoms. The average Bonchev–Trinajstić information content (AvgIpc) is 2.80. The van der Waals surface area contributed by atoms with Crippen LogP contribution in [0.5, 0.6) is 0 Å². The number of nitriles is 1. The topological polar surface area (TPSA) is 82.4 Å². The van der Waals surface area contributed by atoms with Crippen LogP contribution in [-0.2, 0) is 9.53 Å². The van der Waals surface area contributed by atoms with Crippen molar-refractivity contribution >= 4 is 34.0 Å². The SMILES string of the molecule is CCN(C(=O)c1ccc(N/C=C(/C#N)C(=O)OC)cc1)c1cccc2ccccc12. The number of esters is 1. The van der Waals surface area contributed by atoms with Crippen LogP contribution >= 0.6 is 0 Å². The quantitative estimate of drug-likeness (QED) is 0.375. The molecular formula is C24H21N3O3. The molecule has 0 aliphatic heterocycles. The minimum absolute atomic E-state index is 0.108. The molecule has 3 aromatic rings. The standard InChI is InChI=1S/C24H21N3O3/c1-3-27(22-10-6-8-17-7-4-5-9-21(17)22)23(28)18-11-13-20(14-12-18)26-16-19(15-25)24(29)30-2/h4-14,16,26H,3H2,1-2H3/b19-16-. The fourth-order valence-corrected chi connectivity index (χ4v) is 3.13. The number of methoxy groups -OCH3 is 1. The highest BCUT2D eigenvalue weighted by molar-refractivity contribution is 6.10. The van der Waals surface area contributed by atoms with Gasteiger partial charge in [0.15, 0.2) is 5.57 Å². The number of ether oxygens (including phenoxy) is 1. The van der Waals surface area contributed by atoms with Gasteiger partial charge in [0, 0.05) is 29.4 Å². The van der Waals surface area contributed by atoms with E-state index in [1.54, 1.807) is 35.2 Å². The van der Waals surface area contributed by atoms with Crippen LogP contribution in [0.3, 0.4) is 0 Å². The molecule has 3 rings (SSSR count). The lowest BCUT2D eigenvalue weighted by Gasteiger charge is -2.23. The monoisotopic (exact) mass is 399 g/mol. The second kappa shape index (κ2) is 9.39. The van der Waals surface area contributed by atoms with Crippen molar-refractivity contribution < 1.29 is 14.3 Å². The molecule has 1 amide bonds. The summed E-state index contributed by atoms with van der Waals surface area (Å²) in [7, 11) is 1.21. The molecule has 0 radical (unpaired) electrons. The third-order valence-corrected chi connectivity index (χ3v) is 4.66. The van der Waals surface area contributed by atoms with E-state index >= 15 is 0 Å². The van der Waals surface area contributed by atoms with E-state index in [2.05, 4.69) is 10.1 Å². The summed E-state index contributed by atoms with van der Waals surface area (Å²) in [6.07, 6.45) is 1.27. The molecule has 1 N–H and O–H groups in total. The lowest BCUT2D eigenvalue weighted by molar-refractivity contribution is -0.135. The molecule has 0 saturated heterocycles. The van der Waals surface area contributed by atoms with Gasteiger partial charge in [-0.15, -0.1) is 0 Å². The second-order valence-corrected chi connectivity index (χ2v) is 6.43. The summed E-state index contributed by atoms with van der Waals surface area (Å²) in [5, 5.41) is 13.9. The molecule has 6 nitrogen and oxygen atoms in total. The molecule has 150 valence electrons. The number of rotatable bonds is 6. The smallest absolute Gasteiger partial charge is 0.350 e. The summed E-state index contributed by atoms with van der Waals surface area (Å²) in [6, 6.07) is 22.5. The zero-order chi connectivity index (χ0) is 21.5. The number of anilines is 2. The normalized spacial score (nSPS) is 10.9. The van der Waals surface area contributed by atoms with E-state index < -0.39 is 5.97 Å². The minimum Gasteiger partial charge on any atom is -0.465 e. The molecule has 6 heteroatoms. The molecule has 3 aromatic carbocycles. The van der Waals surface area contributed by atoms with Crippen molar-refractivity contribution in [2.24, 2.45) is 0 Å². The van der Waals surface area contributed by atoms with Crippen molar-refractivity contribution in [2.45, 2.75) is 6.92 Å². The number of hydrogen-bond donors (Lipinski definition) is 1. The summed E-state index contributed by atoms with van der Waals surface area (Å²) in [4.78, 5) is 26.3. The Hall–Kier alpha value is -4.11. The van der Waals surface area contributed by atoms with Gasteiger partial charge in [-0.2, -0.15) is 5.26 Å². The van der Waals surface area contributed by atoms with Gasteiger partial charge >= 0.3 is 5.97 Å². The van der Waals surface area contributed by atoms with E-state index in [0.717, 1.165) is 16.5 Å². The van der Waals surface area contributed by atoms with Gasteiger partial charge in [0.1, 0.15) is 6.07 Å². The number of amides is 1. The number of fused-ring (bicyclic) bond motifs is 1. The molecule has 0 spiro atoms. The maximum atomic E-state index is 13.2. The Kier molecular flexibility index (Phi) is 6.46. The highest BCUT2D eigenvalue weighted by Crippen LogP contribution is 2.28. The van der Waals surface area contributed by atoms with Crippen molar-refractivity contribution in [3.63, 3.8) is 0 Å². The number of nitrogens with one attached hydrogen (secondary N) is 1. The van der Waals surface area contributed by atoms with E-state index in [-0.39, 0.29) is 11.5 Å². The average molecular weight is 399 g/mol. The highest BCUT2D eigenvalue weighted by atomic mass is 16.5. The van der Waals surface area contributed by atoms with Crippen LogP contribution in [0.25, 0.3) is 10.8 Å². The zero-order valence-corrected chi connectivity index (χ0v) is 16.8. The first-order valence-corrected chi connectivity index (χ1v) is 9.43. The summed E-state index contributed by atoms with van der Waals surface area (Å²) < 4.78 is 4.53. The molecule has 0 fully saturated rings. The number of benzene rings is 3. The Morgan fingerprint density at radius 1 is 1.07 bits per heavy atom. The zero-order valence-electron chi connectivity index (χ0n) is 16.8. The fourth-order valence-electron chi connectivity index (χ4n) is 3.13. The summed E-state index contributed by atoms with van der Waals surface area (Å²) in [6.45, 7) is 2.47. The molecule has 0 aromatic heterocycles. The third kappa shape index (κ3) is 4.31.